The molecule has 0 saturated carbocycles. The van der Waals surface area contributed by atoms with Crippen LogP contribution < -0.4 is 9.47 Å². The highest BCUT2D eigenvalue weighted by molar-refractivity contribution is 5.85. The molecule has 0 amide bonds. The van der Waals surface area contributed by atoms with E-state index in [4.69, 9.17) is 19.6 Å². The molecule has 0 aliphatic heterocycles. The van der Waals surface area contributed by atoms with Crippen LogP contribution in [-0.2, 0) is 28.3 Å². The van der Waals surface area contributed by atoms with Gasteiger partial charge < -0.3 is 19.3 Å². The highest BCUT2D eigenvalue weighted by Gasteiger charge is 2.44. The minimum Gasteiger partial charge on any atom is -0.487 e. The average molecular weight is 570 g/mol. The first-order valence-corrected chi connectivity index (χ1v) is 13.6. The molecule has 212 valence electrons. The molecule has 0 fully saturated rings. The van der Waals surface area contributed by atoms with Crippen molar-refractivity contribution in [3.63, 3.8) is 0 Å². The summed E-state index contributed by atoms with van der Waals surface area (Å²) < 4.78 is 17.4. The van der Waals surface area contributed by atoms with E-state index in [1.165, 1.54) is 0 Å². The van der Waals surface area contributed by atoms with Gasteiger partial charge in [0.15, 0.2) is 6.40 Å². The zero-order valence-electron chi connectivity index (χ0n) is 23.0. The predicted octanol–water partition coefficient (Wildman–Crippen LogP) is 6.89. The maximum Gasteiger partial charge on any atom is 0.357 e. The summed E-state index contributed by atoms with van der Waals surface area (Å²) in [5, 5.41) is 20.1. The lowest BCUT2D eigenvalue weighted by Gasteiger charge is -2.29. The Hall–Kier alpha value is -5.76. The van der Waals surface area contributed by atoms with Crippen molar-refractivity contribution in [1.82, 2.24) is 9.97 Å². The second-order valence-electron chi connectivity index (χ2n) is 9.84. The number of nitrogens with one attached hydrogen (secondary N) is 1. The highest BCUT2D eigenvalue weighted by atomic mass is 16.5. The number of carboxylic acid groups (broad SMARTS) is 1. The molecule has 2 aromatic heterocycles. The Labute approximate surface area is 247 Å². The van der Waals surface area contributed by atoms with Gasteiger partial charge in [0.1, 0.15) is 24.7 Å². The topological polar surface area (TPSA) is 115 Å². The van der Waals surface area contributed by atoms with Crippen molar-refractivity contribution in [2.45, 2.75) is 18.8 Å². The molecular weight excluding hydrogens is 542 g/mol. The van der Waals surface area contributed by atoms with Crippen LogP contribution in [0.5, 0.6) is 11.5 Å². The van der Waals surface area contributed by atoms with Gasteiger partial charge in [-0.15, -0.1) is 0 Å². The number of fused-ring (bicyclic) bond motifs is 2. The number of hydrogen-bond donors (Lipinski definition) is 2. The van der Waals surface area contributed by atoms with E-state index < -0.39 is 11.6 Å². The highest BCUT2D eigenvalue weighted by Crippen LogP contribution is 2.36. The van der Waals surface area contributed by atoms with E-state index in [9.17, 15) is 9.90 Å². The van der Waals surface area contributed by atoms with Gasteiger partial charge in [-0.3, -0.25) is 5.41 Å². The fourth-order valence-corrected chi connectivity index (χ4v) is 4.95. The Balaban J connectivity index is 1.18. The van der Waals surface area contributed by atoms with Crippen molar-refractivity contribution in [2.75, 3.05) is 0 Å². The van der Waals surface area contributed by atoms with Crippen molar-refractivity contribution >= 4 is 34.2 Å². The van der Waals surface area contributed by atoms with Crippen LogP contribution in [0.25, 0.3) is 21.8 Å². The molecule has 0 atom stereocenters. The summed E-state index contributed by atoms with van der Waals surface area (Å²) in [4.78, 5) is 22.0. The number of pyridine rings is 2. The summed E-state index contributed by atoms with van der Waals surface area (Å²) in [5.74, 6) is -0.183. The second kappa shape index (κ2) is 12.0. The number of ether oxygens (including phenoxy) is 3. The lowest BCUT2D eigenvalue weighted by molar-refractivity contribution is -0.153. The van der Waals surface area contributed by atoms with Gasteiger partial charge in [-0.2, -0.15) is 0 Å². The Morgan fingerprint density at radius 2 is 1.09 bits per heavy atom. The first-order chi connectivity index (χ1) is 21.0. The number of para-hydroxylation sites is 2. The van der Waals surface area contributed by atoms with E-state index in [-0.39, 0.29) is 13.2 Å². The second-order valence-corrected chi connectivity index (χ2v) is 9.84. The van der Waals surface area contributed by atoms with Gasteiger partial charge in [-0.05, 0) is 48.5 Å². The molecule has 4 aromatic carbocycles. The number of benzene rings is 4. The van der Waals surface area contributed by atoms with E-state index in [0.717, 1.165) is 33.2 Å². The van der Waals surface area contributed by atoms with Crippen LogP contribution in [0.3, 0.4) is 0 Å². The van der Waals surface area contributed by atoms with E-state index in [2.05, 4.69) is 9.97 Å². The van der Waals surface area contributed by atoms with Crippen LogP contribution in [0, 0.1) is 5.41 Å². The van der Waals surface area contributed by atoms with Crippen LogP contribution in [-0.4, -0.2) is 27.4 Å². The van der Waals surface area contributed by atoms with Crippen LogP contribution >= 0.6 is 0 Å². The molecule has 2 heterocycles. The molecule has 0 bridgehead atoms. The molecule has 0 spiro atoms. The maximum atomic E-state index is 12.7. The Morgan fingerprint density at radius 1 is 0.651 bits per heavy atom. The lowest BCUT2D eigenvalue weighted by Crippen LogP contribution is -2.39. The Kier molecular flexibility index (Phi) is 7.65. The fourth-order valence-electron chi connectivity index (χ4n) is 4.95. The molecule has 6 rings (SSSR count). The van der Waals surface area contributed by atoms with Gasteiger partial charge >= 0.3 is 5.97 Å². The molecular formula is C35H27N3O5. The van der Waals surface area contributed by atoms with Gasteiger partial charge in [0.2, 0.25) is 0 Å². The number of nitrogens with zero attached hydrogens (tertiary/aromatic N) is 2. The molecule has 0 radical (unpaired) electrons. The third-order valence-electron chi connectivity index (χ3n) is 7.14. The summed E-state index contributed by atoms with van der Waals surface area (Å²) in [7, 11) is 0. The third-order valence-corrected chi connectivity index (χ3v) is 7.14. The minimum absolute atomic E-state index is 0.251. The summed E-state index contributed by atoms with van der Waals surface area (Å²) >= 11 is 0. The molecule has 0 aliphatic rings. The molecule has 43 heavy (non-hydrogen) atoms. The van der Waals surface area contributed by atoms with Crippen molar-refractivity contribution < 1.29 is 24.1 Å². The fraction of sp³-hybridized carbons (Fsp3) is 0.0857. The summed E-state index contributed by atoms with van der Waals surface area (Å²) in [5.41, 5.74) is 2.02. The molecule has 8 nitrogen and oxygen atoms in total. The van der Waals surface area contributed by atoms with Gasteiger partial charge in [-0.1, -0.05) is 72.8 Å². The molecule has 2 N–H and O–H groups in total. The molecule has 0 unspecified atom stereocenters. The first kappa shape index (κ1) is 27.4. The number of hydrogen-bond acceptors (Lipinski definition) is 7. The maximum absolute atomic E-state index is 12.7. The van der Waals surface area contributed by atoms with Crippen LogP contribution in [0.15, 0.2) is 121 Å². The van der Waals surface area contributed by atoms with Crippen LogP contribution in [0.4, 0.5) is 0 Å². The lowest BCUT2D eigenvalue weighted by atomic mass is 9.86. The number of carboxylic acids is 1. The first-order valence-electron chi connectivity index (χ1n) is 13.6. The molecule has 0 saturated heterocycles. The van der Waals surface area contributed by atoms with Crippen LogP contribution in [0.2, 0.25) is 0 Å². The Bertz CT molecular complexity index is 1780. The Morgan fingerprint density at radius 3 is 1.51 bits per heavy atom. The summed E-state index contributed by atoms with van der Waals surface area (Å²) in [6, 6.07) is 36.7. The normalized spacial score (nSPS) is 11.3. The van der Waals surface area contributed by atoms with Gasteiger partial charge in [0, 0.05) is 21.9 Å². The van der Waals surface area contributed by atoms with Gasteiger partial charge in [0.05, 0.1) is 22.4 Å². The van der Waals surface area contributed by atoms with Crippen molar-refractivity contribution in [3.8, 4) is 11.5 Å². The van der Waals surface area contributed by atoms with E-state index >= 15 is 0 Å². The summed E-state index contributed by atoms with van der Waals surface area (Å²) in [6.07, 6.45) is 0.639. The van der Waals surface area contributed by atoms with E-state index in [1.807, 2.05) is 72.8 Å². The van der Waals surface area contributed by atoms with Crippen molar-refractivity contribution in [2.24, 2.45) is 0 Å². The quantitative estimate of drug-likeness (QED) is 0.129. The number of aromatic nitrogens is 2. The predicted molar refractivity (Wildman–Crippen MR) is 163 cm³/mol. The molecule has 6 aromatic rings. The van der Waals surface area contributed by atoms with Crippen LogP contribution in [0.1, 0.15) is 22.5 Å². The zero-order chi connectivity index (χ0) is 29.6. The number of carbonyl (C=O) groups is 1. The SMILES string of the molecule is N=COC(C(=O)O)(c1ccc(OCc2ccc3ccccc3n2)cc1)c1ccc(OCc2ccc3ccccc3n2)cc1. The zero-order valence-corrected chi connectivity index (χ0v) is 23.0. The van der Waals surface area contributed by atoms with Gasteiger partial charge in [-0.25, -0.2) is 14.8 Å². The summed E-state index contributed by atoms with van der Waals surface area (Å²) in [6.45, 7) is 0.503. The molecule has 8 heteroatoms. The third kappa shape index (κ3) is 5.71. The van der Waals surface area contributed by atoms with E-state index in [0.29, 0.717) is 29.0 Å². The molecule has 0 aliphatic carbocycles. The van der Waals surface area contributed by atoms with Crippen molar-refractivity contribution in [1.29, 1.82) is 5.41 Å². The minimum atomic E-state index is -1.95. The van der Waals surface area contributed by atoms with Gasteiger partial charge in [0.25, 0.3) is 5.60 Å². The smallest absolute Gasteiger partial charge is 0.357 e. The largest absolute Gasteiger partial charge is 0.487 e. The van der Waals surface area contributed by atoms with Crippen molar-refractivity contribution in [3.05, 3.63) is 144 Å². The van der Waals surface area contributed by atoms with E-state index in [1.54, 1.807) is 48.5 Å². The monoisotopic (exact) mass is 569 g/mol. The standard InChI is InChI=1S/C35H27N3O5/c36-23-43-35(34(39)40,26-11-17-30(18-12-26)41-21-28-15-9-24-5-1-3-7-32(24)37-28)27-13-19-31(20-14-27)42-22-29-16-10-25-6-2-4-8-33(25)38-29/h1-20,23,36H,21-22H2,(H,39,40). The number of aliphatic carboxylic acids is 1. The number of rotatable bonds is 11. The average Bonchev–Trinajstić information content (AvgIpc) is 3.05.